The molecule has 0 spiro atoms. The van der Waals surface area contributed by atoms with Gasteiger partial charge in [0, 0.05) is 29.2 Å². The van der Waals surface area contributed by atoms with E-state index in [1.807, 2.05) is 55.1 Å². The van der Waals surface area contributed by atoms with Crippen LogP contribution in [0.4, 0.5) is 0 Å². The topological polar surface area (TPSA) is 113 Å². The lowest BCUT2D eigenvalue weighted by molar-refractivity contribution is -0.137. The van der Waals surface area contributed by atoms with Crippen LogP contribution in [-0.4, -0.2) is 50.2 Å². The van der Waals surface area contributed by atoms with E-state index in [4.69, 9.17) is 11.6 Å². The van der Waals surface area contributed by atoms with Crippen LogP contribution in [0.2, 0.25) is 5.02 Å². The number of nitrogens with zero attached hydrogens (tertiary/aromatic N) is 1. The Morgan fingerprint density at radius 3 is 2.15 bits per heavy atom. The zero-order valence-electron chi connectivity index (χ0n) is 26.3. The maximum Gasteiger partial charge on any atom is 0.265 e. The number of fused-ring (bicyclic) bond motifs is 1. The van der Waals surface area contributed by atoms with Crippen molar-refractivity contribution >= 4 is 50.1 Å². The minimum absolute atomic E-state index is 0.00420. The van der Waals surface area contributed by atoms with Gasteiger partial charge in [-0.25, -0.2) is 13.1 Å². The van der Waals surface area contributed by atoms with Crippen molar-refractivity contribution < 1.29 is 22.8 Å². The highest BCUT2D eigenvalue weighted by atomic mass is 35.5. The summed E-state index contributed by atoms with van der Waals surface area (Å²) < 4.78 is 28.2. The molecule has 10 heteroatoms. The van der Waals surface area contributed by atoms with Crippen LogP contribution in [0, 0.1) is 11.3 Å². The van der Waals surface area contributed by atoms with Crippen molar-refractivity contribution in [3.05, 3.63) is 113 Å². The van der Waals surface area contributed by atoms with E-state index in [0.29, 0.717) is 18.1 Å². The van der Waals surface area contributed by atoms with Crippen molar-refractivity contribution in [3.8, 4) is 0 Å². The molecule has 1 fully saturated rings. The van der Waals surface area contributed by atoms with Gasteiger partial charge in [-0.3, -0.25) is 14.4 Å². The molecule has 1 heterocycles. The number of rotatable bonds is 8. The summed E-state index contributed by atoms with van der Waals surface area (Å²) in [6.45, 7) is 9.11. The molecule has 0 saturated carbocycles. The molecule has 1 aliphatic rings. The zero-order valence-corrected chi connectivity index (χ0v) is 27.9. The molecule has 2 atom stereocenters. The molecule has 8 nitrogen and oxygen atoms in total. The van der Waals surface area contributed by atoms with E-state index in [9.17, 15) is 22.8 Å². The molecular formula is C36H38ClN3O5S. The Morgan fingerprint density at radius 1 is 0.848 bits per heavy atom. The molecule has 3 amide bonds. The second kappa shape index (κ2) is 13.3. The highest BCUT2D eigenvalue weighted by molar-refractivity contribution is 7.90. The number of piperidine rings is 1. The van der Waals surface area contributed by atoms with Gasteiger partial charge < -0.3 is 10.2 Å². The third-order valence-electron chi connectivity index (χ3n) is 8.68. The molecule has 0 unspecified atom stereocenters. The largest absolute Gasteiger partial charge is 0.340 e. The number of hydrogen-bond acceptors (Lipinski definition) is 5. The fourth-order valence-electron chi connectivity index (χ4n) is 6.17. The van der Waals surface area contributed by atoms with Crippen LogP contribution in [0.5, 0.6) is 0 Å². The lowest BCUT2D eigenvalue weighted by Gasteiger charge is -2.45. The monoisotopic (exact) mass is 659 g/mol. The van der Waals surface area contributed by atoms with E-state index >= 15 is 0 Å². The number of sulfonamides is 1. The minimum Gasteiger partial charge on any atom is -0.340 e. The van der Waals surface area contributed by atoms with Gasteiger partial charge in [-0.15, -0.1) is 0 Å². The van der Waals surface area contributed by atoms with Gasteiger partial charge in [0.1, 0.15) is 6.04 Å². The number of carbonyl (C=O) groups is 3. The number of amides is 3. The van der Waals surface area contributed by atoms with E-state index in [1.54, 1.807) is 18.2 Å². The highest BCUT2D eigenvalue weighted by Gasteiger charge is 2.40. The van der Waals surface area contributed by atoms with Gasteiger partial charge in [0.15, 0.2) is 0 Å². The van der Waals surface area contributed by atoms with E-state index in [-0.39, 0.29) is 39.2 Å². The minimum atomic E-state index is -4.18. The average Bonchev–Trinajstić information content (AvgIpc) is 3.02. The van der Waals surface area contributed by atoms with E-state index in [0.717, 1.165) is 17.2 Å². The number of carbonyl (C=O) groups excluding carboxylic acids is 3. The second-order valence-electron chi connectivity index (χ2n) is 12.9. The standard InChI is InChI=1S/C36H38ClN3O5S/c1-23(2)32(35(43)40-19-18-31(36(3,4)22-40)25-12-15-29(37)16-13-25)38-33(41)27-10-7-11-28(20-27)34(42)39-46(44,45)30-17-14-24-8-5-6-9-26(24)21-30/h5-17,20-21,23,31-32H,18-19,22H2,1-4H3,(H,38,41)(H,39,42)/t31-,32-/m1/s1. The van der Waals surface area contributed by atoms with Gasteiger partial charge in [0.2, 0.25) is 5.91 Å². The van der Waals surface area contributed by atoms with Crippen LogP contribution in [-0.2, 0) is 14.8 Å². The molecule has 2 N–H and O–H groups in total. The van der Waals surface area contributed by atoms with Crippen LogP contribution in [0.25, 0.3) is 10.8 Å². The van der Waals surface area contributed by atoms with Crippen molar-refractivity contribution in [2.45, 2.75) is 51.0 Å². The number of likely N-dealkylation sites (tertiary alicyclic amines) is 1. The smallest absolute Gasteiger partial charge is 0.265 e. The first kappa shape index (κ1) is 33.2. The van der Waals surface area contributed by atoms with Gasteiger partial charge in [0.05, 0.1) is 4.90 Å². The summed E-state index contributed by atoms with van der Waals surface area (Å²) in [5.41, 5.74) is 1.11. The van der Waals surface area contributed by atoms with Gasteiger partial charge in [-0.05, 0) is 82.5 Å². The quantitative estimate of drug-likeness (QED) is 0.227. The lowest BCUT2D eigenvalue weighted by atomic mass is 9.70. The predicted molar refractivity (Wildman–Crippen MR) is 180 cm³/mol. The van der Waals surface area contributed by atoms with Crippen LogP contribution in [0.3, 0.4) is 0 Å². The molecule has 4 aromatic rings. The van der Waals surface area contributed by atoms with Crippen LogP contribution in [0.1, 0.15) is 66.3 Å². The number of benzene rings is 4. The molecule has 46 heavy (non-hydrogen) atoms. The Hall–Kier alpha value is -4.21. The van der Waals surface area contributed by atoms with Gasteiger partial charge >= 0.3 is 0 Å². The lowest BCUT2D eigenvalue weighted by Crippen LogP contribution is -2.55. The maximum absolute atomic E-state index is 13.8. The molecule has 0 bridgehead atoms. The normalized spacial score (nSPS) is 17.0. The van der Waals surface area contributed by atoms with Crippen LogP contribution in [0.15, 0.2) is 95.9 Å². The third kappa shape index (κ3) is 7.26. The van der Waals surface area contributed by atoms with Gasteiger partial charge in [-0.1, -0.05) is 87.8 Å². The number of hydrogen-bond donors (Lipinski definition) is 2. The van der Waals surface area contributed by atoms with Crippen molar-refractivity contribution in [3.63, 3.8) is 0 Å². The van der Waals surface area contributed by atoms with Crippen molar-refractivity contribution in [2.24, 2.45) is 11.3 Å². The van der Waals surface area contributed by atoms with Crippen LogP contribution >= 0.6 is 11.6 Å². The average molecular weight is 660 g/mol. The summed E-state index contributed by atoms with van der Waals surface area (Å²) in [7, 11) is -4.18. The molecule has 4 aromatic carbocycles. The summed E-state index contributed by atoms with van der Waals surface area (Å²) in [6, 6.07) is 24.8. The van der Waals surface area contributed by atoms with Crippen molar-refractivity contribution in [2.75, 3.05) is 13.1 Å². The molecule has 0 radical (unpaired) electrons. The Morgan fingerprint density at radius 2 is 1.50 bits per heavy atom. The summed E-state index contributed by atoms with van der Waals surface area (Å²) >= 11 is 6.09. The Balaban J connectivity index is 1.27. The highest BCUT2D eigenvalue weighted by Crippen LogP contribution is 2.42. The summed E-state index contributed by atoms with van der Waals surface area (Å²) in [6.07, 6.45) is 0.776. The molecule has 5 rings (SSSR count). The van der Waals surface area contributed by atoms with Gasteiger partial charge in [0.25, 0.3) is 21.8 Å². The first-order valence-electron chi connectivity index (χ1n) is 15.3. The zero-order chi connectivity index (χ0) is 33.2. The number of nitrogens with one attached hydrogen (secondary N) is 2. The van der Waals surface area contributed by atoms with E-state index in [1.165, 1.54) is 42.0 Å². The third-order valence-corrected chi connectivity index (χ3v) is 10.3. The molecule has 0 aromatic heterocycles. The number of halogens is 1. The Kier molecular flexibility index (Phi) is 9.56. The van der Waals surface area contributed by atoms with Crippen molar-refractivity contribution in [1.82, 2.24) is 14.9 Å². The predicted octanol–water partition coefficient (Wildman–Crippen LogP) is 6.41. The van der Waals surface area contributed by atoms with Crippen molar-refractivity contribution in [1.29, 1.82) is 0 Å². The maximum atomic E-state index is 13.8. The summed E-state index contributed by atoms with van der Waals surface area (Å²) in [5, 5.41) is 5.14. The first-order chi connectivity index (χ1) is 21.7. The second-order valence-corrected chi connectivity index (χ2v) is 15.0. The molecule has 0 aliphatic carbocycles. The fourth-order valence-corrected chi connectivity index (χ4v) is 7.30. The Bertz CT molecular complexity index is 1890. The summed E-state index contributed by atoms with van der Waals surface area (Å²) in [4.78, 5) is 42.0. The van der Waals surface area contributed by atoms with Gasteiger partial charge in [-0.2, -0.15) is 0 Å². The molecule has 240 valence electrons. The van der Waals surface area contributed by atoms with E-state index in [2.05, 4.69) is 23.9 Å². The molecular weight excluding hydrogens is 622 g/mol. The molecule has 1 saturated heterocycles. The fraction of sp³-hybridized carbons (Fsp3) is 0.306. The Labute approximate surface area is 275 Å². The first-order valence-corrected chi connectivity index (χ1v) is 17.1. The summed E-state index contributed by atoms with van der Waals surface area (Å²) in [5.74, 6) is -1.52. The molecule has 1 aliphatic heterocycles. The van der Waals surface area contributed by atoms with Crippen LogP contribution < -0.4 is 10.0 Å². The SMILES string of the molecule is CC(C)[C@@H](NC(=O)c1cccc(C(=O)NS(=O)(=O)c2ccc3ccccc3c2)c1)C(=O)N1CC[C@H](c2ccc(Cl)cc2)C(C)(C)C1. The van der Waals surface area contributed by atoms with E-state index < -0.39 is 27.9 Å².